The van der Waals surface area contributed by atoms with E-state index in [0.29, 0.717) is 16.8 Å². The molecule has 0 spiro atoms. The minimum atomic E-state index is -4.35. The second-order valence-corrected chi connectivity index (χ2v) is 7.78. The number of hydrogen-bond donors (Lipinski definition) is 2. The van der Waals surface area contributed by atoms with E-state index < -0.39 is 23.7 Å². The number of hydrogen-bond acceptors (Lipinski definition) is 2. The third kappa shape index (κ3) is 4.54. The molecule has 0 aliphatic carbocycles. The first-order valence-corrected chi connectivity index (χ1v) is 8.91. The minimum Gasteiger partial charge on any atom is -0.350 e. The molecule has 150 valence electrons. The van der Waals surface area contributed by atoms with Crippen LogP contribution in [-0.2, 0) is 0 Å². The van der Waals surface area contributed by atoms with Crippen molar-refractivity contribution in [2.24, 2.45) is 5.92 Å². The number of amides is 3. The van der Waals surface area contributed by atoms with Gasteiger partial charge in [0.1, 0.15) is 0 Å². The maximum atomic E-state index is 13.2. The van der Waals surface area contributed by atoms with Crippen molar-refractivity contribution >= 4 is 17.6 Å². The second-order valence-electron chi connectivity index (χ2n) is 7.78. The summed E-state index contributed by atoms with van der Waals surface area (Å²) in [5, 5.41) is 5.44. The highest BCUT2D eigenvalue weighted by molar-refractivity contribution is 5.97. The molecule has 8 heteroatoms. The zero-order valence-corrected chi connectivity index (χ0v) is 16.2. The SMILES string of the molecule is Cc1cc(NC(=O)N2CC[C@H](C(F)(F)F)C2(C)C)ccc1C(=O)NC(C)C. The number of carbonyl (C=O) groups excluding carboxylic acids is 2. The fourth-order valence-corrected chi connectivity index (χ4v) is 3.54. The Hall–Kier alpha value is -2.25. The van der Waals surface area contributed by atoms with Crippen molar-refractivity contribution in [3.8, 4) is 0 Å². The van der Waals surface area contributed by atoms with Crippen LogP contribution >= 0.6 is 0 Å². The lowest BCUT2D eigenvalue weighted by atomic mass is 9.88. The maximum absolute atomic E-state index is 13.2. The van der Waals surface area contributed by atoms with E-state index in [1.807, 2.05) is 13.8 Å². The Bertz CT molecular complexity index is 729. The molecule has 5 nitrogen and oxygen atoms in total. The van der Waals surface area contributed by atoms with Crippen molar-refractivity contribution in [2.75, 3.05) is 11.9 Å². The third-order valence-electron chi connectivity index (χ3n) is 4.97. The van der Waals surface area contributed by atoms with Crippen LogP contribution in [0.2, 0.25) is 0 Å². The van der Waals surface area contributed by atoms with Gasteiger partial charge in [-0.25, -0.2) is 4.79 Å². The van der Waals surface area contributed by atoms with Gasteiger partial charge in [-0.3, -0.25) is 4.79 Å². The van der Waals surface area contributed by atoms with Crippen LogP contribution in [0.25, 0.3) is 0 Å². The first kappa shape index (κ1) is 21.1. The molecule has 1 aromatic rings. The number of halogens is 3. The molecular formula is C19H26F3N3O2. The Morgan fingerprint density at radius 3 is 2.37 bits per heavy atom. The van der Waals surface area contributed by atoms with Gasteiger partial charge in [0.2, 0.25) is 0 Å². The fraction of sp³-hybridized carbons (Fsp3) is 0.579. The predicted octanol–water partition coefficient (Wildman–Crippen LogP) is 4.33. The molecule has 0 unspecified atom stereocenters. The summed E-state index contributed by atoms with van der Waals surface area (Å²) in [4.78, 5) is 25.9. The maximum Gasteiger partial charge on any atom is 0.394 e. The number of aryl methyl sites for hydroxylation is 1. The number of likely N-dealkylation sites (tertiary alicyclic amines) is 1. The molecule has 2 rings (SSSR count). The smallest absolute Gasteiger partial charge is 0.350 e. The third-order valence-corrected chi connectivity index (χ3v) is 4.97. The summed E-state index contributed by atoms with van der Waals surface area (Å²) in [7, 11) is 0. The molecule has 1 saturated heterocycles. The largest absolute Gasteiger partial charge is 0.394 e. The number of nitrogens with zero attached hydrogens (tertiary/aromatic N) is 1. The summed E-state index contributed by atoms with van der Waals surface area (Å²) in [5.41, 5.74) is 0.263. The highest BCUT2D eigenvalue weighted by atomic mass is 19.4. The van der Waals surface area contributed by atoms with E-state index in [1.54, 1.807) is 25.1 Å². The molecule has 0 aromatic heterocycles. The van der Waals surface area contributed by atoms with Gasteiger partial charge in [0.05, 0.1) is 11.5 Å². The standard InChI is InChI=1S/C19H26F3N3O2/c1-11(2)23-16(26)14-7-6-13(10-12(14)3)24-17(27)25-9-8-15(18(25,4)5)19(20,21)22/h6-7,10-11,15H,8-9H2,1-5H3,(H,23,26)(H,24,27)/t15-/m0/s1. The Morgan fingerprint density at radius 1 is 1.26 bits per heavy atom. The molecule has 1 atom stereocenters. The van der Waals surface area contributed by atoms with E-state index in [-0.39, 0.29) is 24.9 Å². The van der Waals surface area contributed by atoms with E-state index in [0.717, 1.165) is 0 Å². The summed E-state index contributed by atoms with van der Waals surface area (Å²) in [6.07, 6.45) is -4.46. The van der Waals surface area contributed by atoms with Gasteiger partial charge in [-0.1, -0.05) is 0 Å². The van der Waals surface area contributed by atoms with Crippen molar-refractivity contribution in [3.05, 3.63) is 29.3 Å². The summed E-state index contributed by atoms with van der Waals surface area (Å²) in [5.74, 6) is -1.77. The molecule has 1 aliphatic rings. The monoisotopic (exact) mass is 385 g/mol. The number of nitrogens with one attached hydrogen (secondary N) is 2. The van der Waals surface area contributed by atoms with E-state index >= 15 is 0 Å². The molecule has 1 fully saturated rings. The minimum absolute atomic E-state index is 0.00439. The van der Waals surface area contributed by atoms with Crippen molar-refractivity contribution in [3.63, 3.8) is 0 Å². The number of carbonyl (C=O) groups is 2. The van der Waals surface area contributed by atoms with Gasteiger partial charge < -0.3 is 15.5 Å². The lowest BCUT2D eigenvalue weighted by Crippen LogP contribution is -2.51. The fourth-order valence-electron chi connectivity index (χ4n) is 3.54. The van der Waals surface area contributed by atoms with Crippen LogP contribution in [-0.4, -0.2) is 41.1 Å². The van der Waals surface area contributed by atoms with Crippen molar-refractivity contribution in [1.29, 1.82) is 0 Å². The number of urea groups is 1. The van der Waals surface area contributed by atoms with Gasteiger partial charge >= 0.3 is 12.2 Å². The number of benzene rings is 1. The van der Waals surface area contributed by atoms with E-state index in [9.17, 15) is 22.8 Å². The van der Waals surface area contributed by atoms with Gasteiger partial charge in [-0.05, 0) is 64.8 Å². The Balaban J connectivity index is 2.13. The highest BCUT2D eigenvalue weighted by Crippen LogP contribution is 2.44. The van der Waals surface area contributed by atoms with Crippen LogP contribution in [0.15, 0.2) is 18.2 Å². The molecule has 1 aliphatic heterocycles. The second kappa shape index (κ2) is 7.40. The zero-order valence-electron chi connectivity index (χ0n) is 16.2. The zero-order chi connectivity index (χ0) is 20.6. The normalized spacial score (nSPS) is 19.3. The number of anilines is 1. The van der Waals surface area contributed by atoms with Crippen molar-refractivity contribution in [1.82, 2.24) is 10.2 Å². The molecular weight excluding hydrogens is 359 g/mol. The highest BCUT2D eigenvalue weighted by Gasteiger charge is 2.56. The molecule has 0 bridgehead atoms. The molecule has 27 heavy (non-hydrogen) atoms. The van der Waals surface area contributed by atoms with Gasteiger partial charge in [0.25, 0.3) is 5.91 Å². The van der Waals surface area contributed by atoms with Gasteiger partial charge in [-0.2, -0.15) is 13.2 Å². The topological polar surface area (TPSA) is 61.4 Å². The first-order chi connectivity index (χ1) is 12.3. The van der Waals surface area contributed by atoms with Crippen LogP contribution < -0.4 is 10.6 Å². The van der Waals surface area contributed by atoms with Crippen LogP contribution in [0, 0.1) is 12.8 Å². The Labute approximate surface area is 157 Å². The van der Waals surface area contributed by atoms with Gasteiger partial charge in [-0.15, -0.1) is 0 Å². The summed E-state index contributed by atoms with van der Waals surface area (Å²) >= 11 is 0. The summed E-state index contributed by atoms with van der Waals surface area (Å²) in [6, 6.07) is 4.22. The molecule has 0 saturated carbocycles. The van der Waals surface area contributed by atoms with Crippen molar-refractivity contribution < 1.29 is 22.8 Å². The van der Waals surface area contributed by atoms with Crippen LogP contribution in [0.4, 0.5) is 23.7 Å². The molecule has 3 amide bonds. The van der Waals surface area contributed by atoms with E-state index in [1.165, 1.54) is 18.7 Å². The average Bonchev–Trinajstić information content (AvgIpc) is 2.81. The Morgan fingerprint density at radius 2 is 1.89 bits per heavy atom. The average molecular weight is 385 g/mol. The first-order valence-electron chi connectivity index (χ1n) is 8.91. The molecule has 0 radical (unpaired) electrons. The van der Waals surface area contributed by atoms with Gasteiger partial charge in [0.15, 0.2) is 0 Å². The van der Waals surface area contributed by atoms with E-state index in [2.05, 4.69) is 10.6 Å². The molecule has 2 N–H and O–H groups in total. The lowest BCUT2D eigenvalue weighted by molar-refractivity contribution is -0.189. The summed E-state index contributed by atoms with van der Waals surface area (Å²) < 4.78 is 39.6. The number of alkyl halides is 3. The quantitative estimate of drug-likeness (QED) is 0.814. The summed E-state index contributed by atoms with van der Waals surface area (Å²) in [6.45, 7) is 8.35. The van der Waals surface area contributed by atoms with Crippen LogP contribution in [0.5, 0.6) is 0 Å². The predicted molar refractivity (Wildman–Crippen MR) is 97.7 cm³/mol. The number of rotatable bonds is 3. The lowest BCUT2D eigenvalue weighted by Gasteiger charge is -2.36. The van der Waals surface area contributed by atoms with Crippen LogP contribution in [0.3, 0.4) is 0 Å². The van der Waals surface area contributed by atoms with Gasteiger partial charge in [0, 0.05) is 23.8 Å². The van der Waals surface area contributed by atoms with E-state index in [4.69, 9.17) is 0 Å². The molecule has 1 aromatic carbocycles. The van der Waals surface area contributed by atoms with Crippen LogP contribution in [0.1, 0.15) is 50.0 Å². The molecule has 1 heterocycles. The van der Waals surface area contributed by atoms with Crippen molar-refractivity contribution in [2.45, 2.75) is 58.8 Å². The Kier molecular flexibility index (Phi) is 5.77.